The number of rotatable bonds is 5. The second-order valence-electron chi connectivity index (χ2n) is 7.01. The lowest BCUT2D eigenvalue weighted by molar-refractivity contribution is 0.102. The number of benzene rings is 2. The van der Waals surface area contributed by atoms with Crippen LogP contribution < -0.4 is 10.9 Å². The average Bonchev–Trinajstić information content (AvgIpc) is 3.14. The third kappa shape index (κ3) is 3.93. The quantitative estimate of drug-likeness (QED) is 0.547. The lowest BCUT2D eigenvalue weighted by atomic mass is 10.1. The lowest BCUT2D eigenvalue weighted by Crippen LogP contribution is -2.22. The number of nitrogens with zero attached hydrogens (tertiary/aromatic N) is 4. The van der Waals surface area contributed by atoms with E-state index in [0.717, 1.165) is 11.4 Å². The molecule has 0 aliphatic rings. The molecule has 0 atom stereocenters. The molecule has 7 nitrogen and oxygen atoms in total. The van der Waals surface area contributed by atoms with Gasteiger partial charge in [-0.1, -0.05) is 49.4 Å². The van der Waals surface area contributed by atoms with Gasteiger partial charge < -0.3 is 0 Å². The molecule has 0 bridgehead atoms. The Morgan fingerprint density at radius 3 is 2.69 bits per heavy atom. The Morgan fingerprint density at radius 1 is 1.10 bits per heavy atom. The maximum absolute atomic E-state index is 12.9. The van der Waals surface area contributed by atoms with E-state index >= 15 is 0 Å². The molecule has 1 N–H and O–H groups in total. The second-order valence-corrected chi connectivity index (χ2v) is 8.07. The van der Waals surface area contributed by atoms with Gasteiger partial charge in [0, 0.05) is 6.42 Å². The van der Waals surface area contributed by atoms with Crippen LogP contribution in [0.3, 0.4) is 0 Å². The Balaban J connectivity index is 1.69. The number of fused-ring (bicyclic) bond motifs is 1. The highest BCUT2D eigenvalue weighted by atomic mass is 32.1. The van der Waals surface area contributed by atoms with Crippen LogP contribution in [-0.2, 0) is 6.42 Å². The maximum Gasteiger partial charge on any atom is 0.265 e. The first kappa shape index (κ1) is 18.9. The van der Waals surface area contributed by atoms with Crippen molar-refractivity contribution in [2.45, 2.75) is 20.3 Å². The number of carbonyl (C=O) groups excluding carboxylic acids is 1. The van der Waals surface area contributed by atoms with Gasteiger partial charge in [-0.05, 0) is 30.2 Å². The van der Waals surface area contributed by atoms with Crippen molar-refractivity contribution in [1.29, 1.82) is 0 Å². The summed E-state index contributed by atoms with van der Waals surface area (Å²) in [5, 5.41) is 12.8. The van der Waals surface area contributed by atoms with Crippen LogP contribution in [0.4, 0.5) is 5.13 Å². The molecule has 8 heteroatoms. The van der Waals surface area contributed by atoms with Gasteiger partial charge in [-0.25, -0.2) is 4.98 Å². The van der Waals surface area contributed by atoms with E-state index in [1.165, 1.54) is 22.2 Å². The van der Waals surface area contributed by atoms with Crippen molar-refractivity contribution in [3.8, 4) is 5.69 Å². The highest BCUT2D eigenvalue weighted by Crippen LogP contribution is 2.21. The van der Waals surface area contributed by atoms with Crippen LogP contribution in [0.2, 0.25) is 0 Å². The molecule has 0 aliphatic heterocycles. The highest BCUT2D eigenvalue weighted by molar-refractivity contribution is 7.15. The zero-order chi connectivity index (χ0) is 20.4. The van der Waals surface area contributed by atoms with Crippen molar-refractivity contribution in [2.75, 3.05) is 5.32 Å². The fourth-order valence-corrected chi connectivity index (χ4v) is 3.96. The summed E-state index contributed by atoms with van der Waals surface area (Å²) in [4.78, 5) is 30.2. The molecule has 0 unspecified atom stereocenters. The molecule has 0 fully saturated rings. The van der Waals surface area contributed by atoms with Crippen LogP contribution in [0, 0.1) is 5.92 Å². The number of para-hydroxylation sites is 2. The Hall–Kier alpha value is -3.39. The van der Waals surface area contributed by atoms with Crippen LogP contribution in [-0.4, -0.2) is 25.7 Å². The number of anilines is 1. The van der Waals surface area contributed by atoms with Gasteiger partial charge in [-0.15, -0.1) is 10.2 Å². The molecule has 2 aromatic carbocycles. The smallest absolute Gasteiger partial charge is 0.265 e. The third-order valence-corrected chi connectivity index (χ3v) is 5.20. The average molecular weight is 405 g/mol. The molecule has 0 saturated carbocycles. The Morgan fingerprint density at radius 2 is 1.86 bits per heavy atom. The van der Waals surface area contributed by atoms with Crippen LogP contribution in [0.5, 0.6) is 0 Å². The molecular formula is C21H19N5O2S. The Kier molecular flexibility index (Phi) is 5.18. The number of hydrogen-bond acceptors (Lipinski definition) is 6. The first-order valence-corrected chi connectivity index (χ1v) is 10.0. The summed E-state index contributed by atoms with van der Waals surface area (Å²) >= 11 is 1.36. The Labute approximate surface area is 171 Å². The predicted octanol–water partition coefficient (Wildman–Crippen LogP) is 3.69. The van der Waals surface area contributed by atoms with Gasteiger partial charge in [0.15, 0.2) is 0 Å². The van der Waals surface area contributed by atoms with Crippen molar-refractivity contribution in [2.24, 2.45) is 5.92 Å². The molecule has 0 radical (unpaired) electrons. The maximum atomic E-state index is 12.9. The third-order valence-electron chi connectivity index (χ3n) is 4.34. The first-order chi connectivity index (χ1) is 14.0. The van der Waals surface area contributed by atoms with E-state index in [9.17, 15) is 9.59 Å². The summed E-state index contributed by atoms with van der Waals surface area (Å²) < 4.78 is 1.39. The molecule has 2 heterocycles. The minimum atomic E-state index is -0.354. The van der Waals surface area contributed by atoms with Crippen LogP contribution in [0.1, 0.15) is 29.2 Å². The van der Waals surface area contributed by atoms with Gasteiger partial charge in [0.25, 0.3) is 11.5 Å². The fourth-order valence-electron chi connectivity index (χ4n) is 3.02. The number of nitrogens with one attached hydrogen (secondary N) is 1. The van der Waals surface area contributed by atoms with E-state index in [2.05, 4.69) is 34.3 Å². The van der Waals surface area contributed by atoms with E-state index in [0.29, 0.717) is 33.2 Å². The number of hydrogen-bond donors (Lipinski definition) is 1. The topological polar surface area (TPSA) is 89.8 Å². The van der Waals surface area contributed by atoms with E-state index in [-0.39, 0.29) is 11.5 Å². The van der Waals surface area contributed by atoms with Crippen molar-refractivity contribution < 1.29 is 4.79 Å². The molecule has 29 heavy (non-hydrogen) atoms. The normalized spacial score (nSPS) is 11.1. The standard InChI is InChI=1S/C21H19N5O2S/c1-13(2)11-18-24-25-21(29-18)23-19(27)15-8-4-6-10-17(15)26-12-22-16-9-5-3-7-14(16)20(26)28/h3-10,12-13H,11H2,1-2H3,(H,23,25,27). The largest absolute Gasteiger partial charge is 0.296 e. The molecule has 4 rings (SSSR count). The fraction of sp³-hybridized carbons (Fsp3) is 0.190. The molecule has 2 aromatic heterocycles. The number of amides is 1. The monoisotopic (exact) mass is 405 g/mol. The van der Waals surface area contributed by atoms with Gasteiger partial charge in [0.05, 0.1) is 22.2 Å². The number of aromatic nitrogens is 4. The number of carbonyl (C=O) groups is 1. The first-order valence-electron chi connectivity index (χ1n) is 9.22. The zero-order valence-electron chi connectivity index (χ0n) is 16.0. The van der Waals surface area contributed by atoms with Crippen molar-refractivity contribution in [3.05, 3.63) is 75.8 Å². The zero-order valence-corrected chi connectivity index (χ0v) is 16.8. The second kappa shape index (κ2) is 7.92. The highest BCUT2D eigenvalue weighted by Gasteiger charge is 2.17. The van der Waals surface area contributed by atoms with E-state index in [1.807, 2.05) is 6.07 Å². The molecule has 0 saturated heterocycles. The van der Waals surface area contributed by atoms with Crippen molar-refractivity contribution >= 4 is 33.3 Å². The summed E-state index contributed by atoms with van der Waals surface area (Å²) in [6.45, 7) is 4.20. The van der Waals surface area contributed by atoms with Gasteiger partial charge in [0.1, 0.15) is 11.3 Å². The van der Waals surface area contributed by atoms with Crippen LogP contribution in [0.15, 0.2) is 59.7 Å². The van der Waals surface area contributed by atoms with E-state index in [1.54, 1.807) is 42.5 Å². The SMILES string of the molecule is CC(C)Cc1nnc(NC(=O)c2ccccc2-n2cnc3ccccc3c2=O)s1. The summed E-state index contributed by atoms with van der Waals surface area (Å²) in [5.41, 5.74) is 1.20. The molecular weight excluding hydrogens is 386 g/mol. The lowest BCUT2D eigenvalue weighted by Gasteiger charge is -2.11. The van der Waals surface area contributed by atoms with Gasteiger partial charge in [-0.2, -0.15) is 0 Å². The van der Waals surface area contributed by atoms with Gasteiger partial charge in [0.2, 0.25) is 5.13 Å². The van der Waals surface area contributed by atoms with Gasteiger partial charge >= 0.3 is 0 Å². The van der Waals surface area contributed by atoms with E-state index < -0.39 is 0 Å². The minimum absolute atomic E-state index is 0.231. The van der Waals surface area contributed by atoms with Crippen molar-refractivity contribution in [1.82, 2.24) is 19.7 Å². The van der Waals surface area contributed by atoms with Gasteiger partial charge in [-0.3, -0.25) is 19.5 Å². The minimum Gasteiger partial charge on any atom is -0.296 e. The van der Waals surface area contributed by atoms with Crippen LogP contribution in [0.25, 0.3) is 16.6 Å². The predicted molar refractivity (Wildman–Crippen MR) is 114 cm³/mol. The Bertz CT molecular complexity index is 1250. The summed E-state index contributed by atoms with van der Waals surface area (Å²) in [6.07, 6.45) is 2.25. The molecule has 0 aliphatic carbocycles. The molecule has 1 amide bonds. The molecule has 146 valence electrons. The summed E-state index contributed by atoms with van der Waals surface area (Å²) in [6, 6.07) is 14.0. The van der Waals surface area contributed by atoms with Crippen molar-refractivity contribution in [3.63, 3.8) is 0 Å². The molecule has 0 spiro atoms. The summed E-state index contributed by atoms with van der Waals surface area (Å²) in [5.74, 6) is 0.104. The van der Waals surface area contributed by atoms with E-state index in [4.69, 9.17) is 0 Å². The molecule has 4 aromatic rings. The summed E-state index contributed by atoms with van der Waals surface area (Å²) in [7, 11) is 0. The van der Waals surface area contributed by atoms with Crippen LogP contribution >= 0.6 is 11.3 Å².